The van der Waals surface area contributed by atoms with E-state index in [-0.39, 0.29) is 5.91 Å². The van der Waals surface area contributed by atoms with Crippen LogP contribution in [0.1, 0.15) is 28.0 Å². The van der Waals surface area contributed by atoms with Crippen molar-refractivity contribution in [3.8, 4) is 0 Å². The van der Waals surface area contributed by atoms with Crippen molar-refractivity contribution in [2.24, 2.45) is 5.84 Å². The van der Waals surface area contributed by atoms with Crippen LogP contribution in [0.5, 0.6) is 0 Å². The number of aromatic nitrogens is 1. The third-order valence-corrected chi connectivity index (χ3v) is 3.84. The molecule has 0 aliphatic heterocycles. The summed E-state index contributed by atoms with van der Waals surface area (Å²) in [6.45, 7) is 2.14. The number of thiazole rings is 1. The number of rotatable bonds is 5. The van der Waals surface area contributed by atoms with Gasteiger partial charge in [0.2, 0.25) is 0 Å². The van der Waals surface area contributed by atoms with Gasteiger partial charge in [-0.1, -0.05) is 6.92 Å². The Labute approximate surface area is 91.3 Å². The number of carbonyl (C=O) groups is 1. The molecule has 1 aromatic heterocycles. The van der Waals surface area contributed by atoms with E-state index in [1.807, 2.05) is 11.8 Å². The molecule has 6 heteroatoms. The van der Waals surface area contributed by atoms with Crippen LogP contribution in [0, 0.1) is 0 Å². The quantitative estimate of drug-likeness (QED) is 0.348. The number of nitrogens with one attached hydrogen (secondary N) is 1. The zero-order chi connectivity index (χ0) is 10.4. The molecule has 4 nitrogen and oxygen atoms in total. The Morgan fingerprint density at radius 3 is 3.21 bits per heavy atom. The lowest BCUT2D eigenvalue weighted by molar-refractivity contribution is 0.0957. The second-order valence-electron chi connectivity index (χ2n) is 2.64. The van der Waals surface area contributed by atoms with E-state index in [9.17, 15) is 4.79 Å². The van der Waals surface area contributed by atoms with Crippen molar-refractivity contribution >= 4 is 29.0 Å². The summed E-state index contributed by atoms with van der Waals surface area (Å²) >= 11 is 3.22. The lowest BCUT2D eigenvalue weighted by Crippen LogP contribution is -2.29. The molecular weight excluding hydrogens is 218 g/mol. The second kappa shape index (κ2) is 6.00. The highest BCUT2D eigenvalue weighted by Gasteiger charge is 2.08. The number of hydrazine groups is 1. The summed E-state index contributed by atoms with van der Waals surface area (Å²) < 4.78 is 0. The van der Waals surface area contributed by atoms with Gasteiger partial charge in [-0.2, -0.15) is 11.8 Å². The van der Waals surface area contributed by atoms with Gasteiger partial charge in [-0.05, 0) is 12.2 Å². The van der Waals surface area contributed by atoms with Crippen LogP contribution in [0.3, 0.4) is 0 Å². The summed E-state index contributed by atoms with van der Waals surface area (Å²) in [5.74, 6) is 6.73. The Bertz CT molecular complexity index is 301. The largest absolute Gasteiger partial charge is 0.289 e. The molecule has 1 rings (SSSR count). The number of hydrogen-bond acceptors (Lipinski definition) is 5. The van der Waals surface area contributed by atoms with E-state index in [0.29, 0.717) is 4.88 Å². The summed E-state index contributed by atoms with van der Waals surface area (Å²) in [6.07, 6.45) is 2.72. The molecule has 0 saturated carbocycles. The molecule has 1 aromatic rings. The van der Waals surface area contributed by atoms with Crippen LogP contribution < -0.4 is 11.3 Å². The smallest absolute Gasteiger partial charge is 0.276 e. The fourth-order valence-electron chi connectivity index (χ4n) is 0.857. The maximum atomic E-state index is 11.1. The van der Waals surface area contributed by atoms with E-state index in [4.69, 9.17) is 5.84 Å². The average Bonchev–Trinajstić information content (AvgIpc) is 2.66. The minimum atomic E-state index is -0.269. The Hall–Kier alpha value is -0.590. The lowest BCUT2D eigenvalue weighted by atomic mass is 10.5. The van der Waals surface area contributed by atoms with Gasteiger partial charge in [0.25, 0.3) is 5.91 Å². The van der Waals surface area contributed by atoms with E-state index in [1.165, 1.54) is 11.3 Å². The zero-order valence-corrected chi connectivity index (χ0v) is 9.58. The Kier molecular flexibility index (Phi) is 4.92. The molecule has 0 atom stereocenters. The molecule has 3 N–H and O–H groups in total. The molecular formula is C8H13N3OS2. The van der Waals surface area contributed by atoms with Gasteiger partial charge < -0.3 is 0 Å². The Morgan fingerprint density at radius 2 is 2.57 bits per heavy atom. The molecule has 0 aliphatic carbocycles. The van der Waals surface area contributed by atoms with E-state index in [2.05, 4.69) is 17.3 Å². The third-order valence-electron chi connectivity index (χ3n) is 1.48. The molecule has 0 aliphatic rings. The summed E-state index contributed by atoms with van der Waals surface area (Å²) in [4.78, 5) is 15.8. The number of hydrogen-bond donors (Lipinski definition) is 2. The van der Waals surface area contributed by atoms with Gasteiger partial charge in [0, 0.05) is 5.75 Å². The van der Waals surface area contributed by atoms with Crippen LogP contribution in [0.15, 0.2) is 6.20 Å². The van der Waals surface area contributed by atoms with Crippen LogP contribution >= 0.6 is 23.1 Å². The predicted octanol–water partition coefficient (Wildman–Crippen LogP) is 1.39. The van der Waals surface area contributed by atoms with Gasteiger partial charge in [-0.3, -0.25) is 10.2 Å². The fourth-order valence-corrected chi connectivity index (χ4v) is 2.64. The van der Waals surface area contributed by atoms with Crippen molar-refractivity contribution < 1.29 is 4.79 Å². The Morgan fingerprint density at radius 1 is 1.79 bits per heavy atom. The summed E-state index contributed by atoms with van der Waals surface area (Å²) in [6, 6.07) is 0. The van der Waals surface area contributed by atoms with Crippen LogP contribution in [-0.4, -0.2) is 16.6 Å². The maximum Gasteiger partial charge on any atom is 0.276 e. The predicted molar refractivity (Wildman–Crippen MR) is 60.2 cm³/mol. The highest BCUT2D eigenvalue weighted by molar-refractivity contribution is 7.98. The molecule has 0 unspecified atom stereocenters. The van der Waals surface area contributed by atoms with Crippen molar-refractivity contribution in [2.45, 2.75) is 19.1 Å². The minimum absolute atomic E-state index is 0.269. The third kappa shape index (κ3) is 3.28. The zero-order valence-electron chi connectivity index (χ0n) is 7.95. The highest BCUT2D eigenvalue weighted by Crippen LogP contribution is 2.18. The average molecular weight is 231 g/mol. The van der Waals surface area contributed by atoms with Crippen molar-refractivity contribution in [3.63, 3.8) is 0 Å². The lowest BCUT2D eigenvalue weighted by Gasteiger charge is -1.94. The molecule has 0 radical (unpaired) electrons. The van der Waals surface area contributed by atoms with Crippen molar-refractivity contribution in [2.75, 3.05) is 5.75 Å². The molecule has 1 heterocycles. The molecule has 14 heavy (non-hydrogen) atoms. The first-order valence-corrected chi connectivity index (χ1v) is 6.28. The van der Waals surface area contributed by atoms with Gasteiger partial charge in [0.05, 0.1) is 6.20 Å². The van der Waals surface area contributed by atoms with E-state index in [1.54, 1.807) is 6.20 Å². The number of amides is 1. The number of nitrogen functional groups attached to an aromatic ring is 1. The molecule has 1 amide bonds. The van der Waals surface area contributed by atoms with Crippen molar-refractivity contribution in [3.05, 3.63) is 16.1 Å². The minimum Gasteiger partial charge on any atom is -0.289 e. The second-order valence-corrected chi connectivity index (χ2v) is 4.86. The number of nitrogens with zero attached hydrogens (tertiary/aromatic N) is 1. The topological polar surface area (TPSA) is 68.0 Å². The van der Waals surface area contributed by atoms with E-state index >= 15 is 0 Å². The summed E-state index contributed by atoms with van der Waals surface area (Å²) in [5, 5.41) is 0.974. The normalized spacial score (nSPS) is 10.1. The maximum absolute atomic E-state index is 11.1. The first-order chi connectivity index (χ1) is 6.77. The van der Waals surface area contributed by atoms with Crippen LogP contribution in [0.2, 0.25) is 0 Å². The van der Waals surface area contributed by atoms with Crippen molar-refractivity contribution in [1.82, 2.24) is 10.4 Å². The molecule has 0 saturated heterocycles. The first kappa shape index (κ1) is 11.5. The monoisotopic (exact) mass is 231 g/mol. The summed E-state index contributed by atoms with van der Waals surface area (Å²) in [5.41, 5.74) is 2.09. The molecule has 0 bridgehead atoms. The van der Waals surface area contributed by atoms with Gasteiger partial charge in [-0.25, -0.2) is 10.8 Å². The van der Waals surface area contributed by atoms with Crippen LogP contribution in [0.4, 0.5) is 0 Å². The van der Waals surface area contributed by atoms with Gasteiger partial charge in [0.1, 0.15) is 9.88 Å². The van der Waals surface area contributed by atoms with Gasteiger partial charge in [0.15, 0.2) is 0 Å². The highest BCUT2D eigenvalue weighted by atomic mass is 32.2. The van der Waals surface area contributed by atoms with E-state index in [0.717, 1.165) is 22.9 Å². The SMILES string of the molecule is CCCSCc1ncc(C(=O)NN)s1. The van der Waals surface area contributed by atoms with Gasteiger partial charge in [-0.15, -0.1) is 11.3 Å². The molecule has 0 spiro atoms. The number of nitrogens with two attached hydrogens (primary N) is 1. The fraction of sp³-hybridized carbons (Fsp3) is 0.500. The van der Waals surface area contributed by atoms with E-state index < -0.39 is 0 Å². The molecule has 78 valence electrons. The summed E-state index contributed by atoms with van der Waals surface area (Å²) in [7, 11) is 0. The molecule has 0 fully saturated rings. The number of thioether (sulfide) groups is 1. The first-order valence-electron chi connectivity index (χ1n) is 4.31. The van der Waals surface area contributed by atoms with Crippen LogP contribution in [0.25, 0.3) is 0 Å². The molecule has 0 aromatic carbocycles. The van der Waals surface area contributed by atoms with Crippen LogP contribution in [-0.2, 0) is 5.75 Å². The Balaban J connectivity index is 2.46. The van der Waals surface area contributed by atoms with Crippen molar-refractivity contribution in [1.29, 1.82) is 0 Å². The van der Waals surface area contributed by atoms with Gasteiger partial charge >= 0.3 is 0 Å². The number of carbonyl (C=O) groups excluding carboxylic acids is 1. The standard InChI is InChI=1S/C8H13N3OS2/c1-2-3-13-5-7-10-4-6(14-7)8(12)11-9/h4H,2-3,5,9H2,1H3,(H,11,12).